The number of anilines is 1. The van der Waals surface area contributed by atoms with Crippen molar-refractivity contribution in [3.05, 3.63) is 60.3 Å². The summed E-state index contributed by atoms with van der Waals surface area (Å²) in [5.41, 5.74) is 1.23. The molecule has 7 heteroatoms. The number of hydrogen-bond acceptors (Lipinski definition) is 4. The van der Waals surface area contributed by atoms with Crippen molar-refractivity contribution >= 4 is 17.6 Å². The average Bonchev–Trinajstić information content (AvgIpc) is 3.16. The maximum absolute atomic E-state index is 13.4. The van der Waals surface area contributed by atoms with E-state index in [0.29, 0.717) is 51.5 Å². The highest BCUT2D eigenvalue weighted by atomic mass is 16.5. The zero-order chi connectivity index (χ0) is 19.6. The van der Waals surface area contributed by atoms with Crippen LogP contribution in [0.3, 0.4) is 0 Å². The van der Waals surface area contributed by atoms with Gasteiger partial charge in [0.15, 0.2) is 5.82 Å². The molecule has 0 saturated carbocycles. The lowest BCUT2D eigenvalue weighted by molar-refractivity contribution is -0.131. The Morgan fingerprint density at radius 3 is 2.61 bits per heavy atom. The maximum atomic E-state index is 13.4. The van der Waals surface area contributed by atoms with Gasteiger partial charge in [0.05, 0.1) is 30.9 Å². The van der Waals surface area contributed by atoms with E-state index in [0.717, 1.165) is 11.3 Å². The number of aromatic nitrogens is 2. The monoisotopic (exact) mass is 380 g/mol. The van der Waals surface area contributed by atoms with E-state index < -0.39 is 5.41 Å². The average molecular weight is 380 g/mol. The lowest BCUT2D eigenvalue weighted by Crippen LogP contribution is -2.50. The van der Waals surface area contributed by atoms with Gasteiger partial charge in [-0.25, -0.2) is 0 Å². The molecule has 0 atom stereocenters. The minimum atomic E-state index is -0.695. The number of piperidine rings is 1. The molecule has 1 aromatic carbocycles. The molecule has 146 valence electrons. The second-order valence-corrected chi connectivity index (χ2v) is 7.23. The Balaban J connectivity index is 1.59. The second kappa shape index (κ2) is 7.59. The number of ether oxygens (including phenoxy) is 1. The molecule has 0 bridgehead atoms. The van der Waals surface area contributed by atoms with Crippen molar-refractivity contribution in [2.45, 2.75) is 31.4 Å². The first-order chi connectivity index (χ1) is 13.6. The van der Waals surface area contributed by atoms with E-state index in [2.05, 4.69) is 17.0 Å². The highest BCUT2D eigenvalue weighted by molar-refractivity contribution is 5.99. The topological polar surface area (TPSA) is 76.5 Å². The lowest BCUT2D eigenvalue weighted by atomic mass is 9.72. The van der Waals surface area contributed by atoms with Crippen LogP contribution in [0.2, 0.25) is 0 Å². The molecule has 28 heavy (non-hydrogen) atoms. The Bertz CT molecular complexity index is 859. The van der Waals surface area contributed by atoms with Crippen LogP contribution in [0.4, 0.5) is 5.82 Å². The molecule has 2 aliphatic rings. The molecule has 1 fully saturated rings. The van der Waals surface area contributed by atoms with Gasteiger partial charge < -0.3 is 15.0 Å². The third kappa shape index (κ3) is 3.33. The van der Waals surface area contributed by atoms with Gasteiger partial charge in [-0.3, -0.25) is 14.3 Å². The summed E-state index contributed by atoms with van der Waals surface area (Å²) in [4.78, 5) is 27.1. The van der Waals surface area contributed by atoms with Crippen molar-refractivity contribution in [1.29, 1.82) is 0 Å². The lowest BCUT2D eigenvalue weighted by Gasteiger charge is -2.40. The number of carbonyl (C=O) groups excluding carboxylic acids is 2. The summed E-state index contributed by atoms with van der Waals surface area (Å²) in [5, 5.41) is 7.51. The van der Waals surface area contributed by atoms with Crippen LogP contribution < -0.4 is 5.32 Å². The Kier molecular flexibility index (Phi) is 5.00. The largest absolute Gasteiger partial charge is 0.373 e. The normalized spacial score (nSPS) is 18.2. The summed E-state index contributed by atoms with van der Waals surface area (Å²) in [6.07, 6.45) is 2.44. The number of rotatable bonds is 4. The standard InChI is InChI=1S/C21H24N4O3/c1-2-19(26)24-10-8-21(9-11-24,16-6-4-3-5-7-16)20(27)22-18-14-17-15-28-13-12-25(17)23-18/h2-7,14H,1,8-13,15H2,(H,22,23,27). The molecule has 2 aromatic rings. The number of fused-ring (bicyclic) bond motifs is 1. The van der Waals surface area contributed by atoms with Crippen molar-refractivity contribution in [3.8, 4) is 0 Å². The van der Waals surface area contributed by atoms with E-state index in [1.165, 1.54) is 6.08 Å². The summed E-state index contributed by atoms with van der Waals surface area (Å²) in [5.74, 6) is 0.370. The van der Waals surface area contributed by atoms with Crippen LogP contribution in [0.25, 0.3) is 0 Å². The van der Waals surface area contributed by atoms with E-state index in [4.69, 9.17) is 4.74 Å². The predicted molar refractivity (Wildman–Crippen MR) is 105 cm³/mol. The molecule has 1 saturated heterocycles. The molecule has 4 rings (SSSR count). The first-order valence-corrected chi connectivity index (χ1v) is 9.55. The van der Waals surface area contributed by atoms with E-state index in [1.807, 2.05) is 41.1 Å². The number of amides is 2. The van der Waals surface area contributed by atoms with Gasteiger partial charge in [0.25, 0.3) is 0 Å². The molecule has 1 N–H and O–H groups in total. The van der Waals surface area contributed by atoms with Crippen LogP contribution in [-0.4, -0.2) is 46.2 Å². The number of nitrogens with zero attached hydrogens (tertiary/aromatic N) is 3. The smallest absolute Gasteiger partial charge is 0.245 e. The Morgan fingerprint density at radius 1 is 1.18 bits per heavy atom. The van der Waals surface area contributed by atoms with Crippen LogP contribution in [0.1, 0.15) is 24.1 Å². The predicted octanol–water partition coefficient (Wildman–Crippen LogP) is 2.10. The number of benzene rings is 1. The Labute approximate surface area is 164 Å². The van der Waals surface area contributed by atoms with Crippen LogP contribution >= 0.6 is 0 Å². The number of carbonyl (C=O) groups is 2. The molecule has 0 spiro atoms. The molecule has 0 unspecified atom stereocenters. The zero-order valence-corrected chi connectivity index (χ0v) is 15.8. The molecule has 2 amide bonds. The SMILES string of the molecule is C=CC(=O)N1CCC(C(=O)Nc2cc3n(n2)CCOC3)(c2ccccc2)CC1. The Hall–Kier alpha value is -2.93. The zero-order valence-electron chi connectivity index (χ0n) is 15.8. The molecular formula is C21H24N4O3. The molecule has 1 aromatic heterocycles. The third-order valence-corrected chi connectivity index (χ3v) is 5.67. The molecule has 0 aliphatic carbocycles. The van der Waals surface area contributed by atoms with Crippen LogP contribution in [-0.2, 0) is 32.9 Å². The summed E-state index contributed by atoms with van der Waals surface area (Å²) >= 11 is 0. The van der Waals surface area contributed by atoms with Gasteiger partial charge in [0, 0.05) is 19.2 Å². The van der Waals surface area contributed by atoms with Gasteiger partial charge in [-0.15, -0.1) is 0 Å². The minimum Gasteiger partial charge on any atom is -0.373 e. The van der Waals surface area contributed by atoms with Crippen LogP contribution in [0.5, 0.6) is 0 Å². The van der Waals surface area contributed by atoms with Gasteiger partial charge in [-0.2, -0.15) is 5.10 Å². The first-order valence-electron chi connectivity index (χ1n) is 9.55. The quantitative estimate of drug-likeness (QED) is 0.824. The van der Waals surface area contributed by atoms with Gasteiger partial charge >= 0.3 is 0 Å². The first kappa shape index (κ1) is 18.4. The van der Waals surface area contributed by atoms with Gasteiger partial charge in [-0.1, -0.05) is 36.9 Å². The number of nitrogens with one attached hydrogen (secondary N) is 1. The van der Waals surface area contributed by atoms with E-state index >= 15 is 0 Å². The van der Waals surface area contributed by atoms with Crippen molar-refractivity contribution in [2.75, 3.05) is 25.0 Å². The highest BCUT2D eigenvalue weighted by Crippen LogP contribution is 2.37. The fourth-order valence-electron chi connectivity index (χ4n) is 4.03. The molecule has 0 radical (unpaired) electrons. The summed E-state index contributed by atoms with van der Waals surface area (Å²) in [7, 11) is 0. The van der Waals surface area contributed by atoms with E-state index in [-0.39, 0.29) is 11.8 Å². The number of hydrogen-bond donors (Lipinski definition) is 1. The van der Waals surface area contributed by atoms with Gasteiger partial charge in [0.1, 0.15) is 0 Å². The summed E-state index contributed by atoms with van der Waals surface area (Å²) in [6.45, 7) is 6.41. The third-order valence-electron chi connectivity index (χ3n) is 5.67. The minimum absolute atomic E-state index is 0.0826. The van der Waals surface area contributed by atoms with Gasteiger partial charge in [0.2, 0.25) is 11.8 Å². The molecule has 2 aliphatic heterocycles. The fourth-order valence-corrected chi connectivity index (χ4v) is 4.03. The highest BCUT2D eigenvalue weighted by Gasteiger charge is 2.43. The van der Waals surface area contributed by atoms with Crippen molar-refractivity contribution in [2.24, 2.45) is 0 Å². The van der Waals surface area contributed by atoms with E-state index in [9.17, 15) is 9.59 Å². The van der Waals surface area contributed by atoms with Gasteiger partial charge in [-0.05, 0) is 24.5 Å². The van der Waals surface area contributed by atoms with E-state index in [1.54, 1.807) is 4.90 Å². The second-order valence-electron chi connectivity index (χ2n) is 7.23. The van der Waals surface area contributed by atoms with Crippen LogP contribution in [0.15, 0.2) is 49.1 Å². The molecular weight excluding hydrogens is 356 g/mol. The molecule has 3 heterocycles. The van der Waals surface area contributed by atoms with Crippen LogP contribution in [0, 0.1) is 0 Å². The molecule has 7 nitrogen and oxygen atoms in total. The number of likely N-dealkylation sites (tertiary alicyclic amines) is 1. The maximum Gasteiger partial charge on any atom is 0.245 e. The summed E-state index contributed by atoms with van der Waals surface area (Å²) < 4.78 is 7.32. The fraction of sp³-hybridized carbons (Fsp3) is 0.381. The summed E-state index contributed by atoms with van der Waals surface area (Å²) in [6, 6.07) is 11.7. The van der Waals surface area contributed by atoms with Crippen molar-refractivity contribution < 1.29 is 14.3 Å². The van der Waals surface area contributed by atoms with Crippen molar-refractivity contribution in [1.82, 2.24) is 14.7 Å². The van der Waals surface area contributed by atoms with Crippen molar-refractivity contribution in [3.63, 3.8) is 0 Å². The Morgan fingerprint density at radius 2 is 1.93 bits per heavy atom.